The molecule has 104 valence electrons. The molecule has 8 heteroatoms. The lowest BCUT2D eigenvalue weighted by Gasteiger charge is -2.21. The van der Waals surface area contributed by atoms with Gasteiger partial charge in [0.1, 0.15) is 5.70 Å². The molecule has 8 nitrogen and oxygen atoms in total. The second-order valence-corrected chi connectivity index (χ2v) is 4.51. The van der Waals surface area contributed by atoms with Gasteiger partial charge in [0, 0.05) is 25.2 Å². The van der Waals surface area contributed by atoms with Crippen LogP contribution in [0.1, 0.15) is 12.5 Å². The van der Waals surface area contributed by atoms with Gasteiger partial charge in [-0.05, 0) is 12.1 Å². The van der Waals surface area contributed by atoms with Crippen LogP contribution in [0.25, 0.3) is 5.70 Å². The van der Waals surface area contributed by atoms with Crippen molar-refractivity contribution in [3.8, 4) is 0 Å². The molecule has 2 aliphatic heterocycles. The van der Waals surface area contributed by atoms with Gasteiger partial charge >= 0.3 is 0 Å². The molecule has 1 aromatic rings. The number of fused-ring (bicyclic) bond motifs is 1. The predicted molar refractivity (Wildman–Crippen MR) is 75.2 cm³/mol. The highest BCUT2D eigenvalue weighted by Crippen LogP contribution is 2.28. The fourth-order valence-corrected chi connectivity index (χ4v) is 2.11. The number of nitrogens with one attached hydrogen (secondary N) is 3. The monoisotopic (exact) mass is 273 g/mol. The van der Waals surface area contributed by atoms with E-state index in [0.29, 0.717) is 11.8 Å². The Morgan fingerprint density at radius 2 is 2.00 bits per heavy atom. The third-order valence-electron chi connectivity index (χ3n) is 2.94. The minimum atomic E-state index is -0.0953. The third kappa shape index (κ3) is 2.01. The van der Waals surface area contributed by atoms with Gasteiger partial charge in [-0.25, -0.2) is 5.43 Å². The standard InChI is InChI=1S/C12H15N7O/c1-7(20)14-9-5-3-8(4-6-9)10-11-15-12(13)17-19(11)18(2)16-10/h3-6,16H,1-2H3,(H,14,20)(H3,13,15,17). The largest absolute Gasteiger partial charge is 0.368 e. The molecular weight excluding hydrogens is 258 g/mol. The van der Waals surface area contributed by atoms with Crippen molar-refractivity contribution in [2.24, 2.45) is 10.7 Å². The van der Waals surface area contributed by atoms with Crippen LogP contribution < -0.4 is 21.9 Å². The van der Waals surface area contributed by atoms with E-state index < -0.39 is 0 Å². The Balaban J connectivity index is 1.91. The zero-order valence-corrected chi connectivity index (χ0v) is 11.1. The summed E-state index contributed by atoms with van der Waals surface area (Å²) >= 11 is 0. The van der Waals surface area contributed by atoms with Crippen LogP contribution in [-0.2, 0) is 4.79 Å². The predicted octanol–water partition coefficient (Wildman–Crippen LogP) is -0.229. The minimum Gasteiger partial charge on any atom is -0.368 e. The summed E-state index contributed by atoms with van der Waals surface area (Å²) in [5.41, 5.74) is 14.3. The van der Waals surface area contributed by atoms with Crippen LogP contribution in [0.3, 0.4) is 0 Å². The number of benzene rings is 1. The molecule has 0 saturated heterocycles. The van der Waals surface area contributed by atoms with Crippen LogP contribution in [-0.4, -0.2) is 29.2 Å². The van der Waals surface area contributed by atoms with E-state index in [-0.39, 0.29) is 5.91 Å². The Labute approximate surface area is 115 Å². The molecule has 0 unspecified atom stereocenters. The highest BCUT2D eigenvalue weighted by atomic mass is 16.1. The molecule has 0 aromatic heterocycles. The normalized spacial score (nSPS) is 17.5. The highest BCUT2D eigenvalue weighted by molar-refractivity contribution is 5.89. The number of carbonyl (C=O) groups excluding carboxylic acids is 1. The van der Waals surface area contributed by atoms with Crippen molar-refractivity contribution in [1.82, 2.24) is 21.1 Å². The lowest BCUT2D eigenvalue weighted by Crippen LogP contribution is -2.49. The average molecular weight is 273 g/mol. The first-order valence-corrected chi connectivity index (χ1v) is 6.08. The molecule has 1 amide bonds. The van der Waals surface area contributed by atoms with E-state index >= 15 is 0 Å². The van der Waals surface area contributed by atoms with E-state index in [9.17, 15) is 4.79 Å². The van der Waals surface area contributed by atoms with Gasteiger partial charge < -0.3 is 11.1 Å². The summed E-state index contributed by atoms with van der Waals surface area (Å²) in [4.78, 5) is 15.2. The zero-order chi connectivity index (χ0) is 14.3. The molecule has 0 fully saturated rings. The highest BCUT2D eigenvalue weighted by Gasteiger charge is 2.32. The minimum absolute atomic E-state index is 0.0953. The first kappa shape index (κ1) is 12.3. The van der Waals surface area contributed by atoms with Crippen molar-refractivity contribution >= 4 is 23.3 Å². The summed E-state index contributed by atoms with van der Waals surface area (Å²) < 4.78 is 0. The Morgan fingerprint density at radius 1 is 1.30 bits per heavy atom. The van der Waals surface area contributed by atoms with Gasteiger partial charge in [0.25, 0.3) is 0 Å². The average Bonchev–Trinajstić information content (AvgIpc) is 2.90. The molecule has 2 aliphatic rings. The first-order chi connectivity index (χ1) is 9.54. The Kier molecular flexibility index (Phi) is 2.72. The molecule has 0 saturated carbocycles. The Hall–Kier alpha value is -2.74. The van der Waals surface area contributed by atoms with Crippen molar-refractivity contribution in [2.75, 3.05) is 12.4 Å². The van der Waals surface area contributed by atoms with Crippen LogP contribution in [0, 0.1) is 0 Å². The van der Waals surface area contributed by atoms with Gasteiger partial charge in [-0.1, -0.05) is 12.1 Å². The van der Waals surface area contributed by atoms with Gasteiger partial charge in [-0.15, -0.1) is 5.12 Å². The number of carbonyl (C=O) groups is 1. The summed E-state index contributed by atoms with van der Waals surface area (Å²) in [5, 5.41) is 6.19. The van der Waals surface area contributed by atoms with Crippen molar-refractivity contribution in [3.05, 3.63) is 35.6 Å². The van der Waals surface area contributed by atoms with Crippen molar-refractivity contribution in [2.45, 2.75) is 6.92 Å². The molecular formula is C12H15N7O. The Morgan fingerprint density at radius 3 is 2.65 bits per heavy atom. The van der Waals surface area contributed by atoms with Gasteiger partial charge in [-0.3, -0.25) is 10.2 Å². The van der Waals surface area contributed by atoms with E-state index in [1.54, 1.807) is 10.2 Å². The molecule has 5 N–H and O–H groups in total. The maximum atomic E-state index is 11.0. The van der Waals surface area contributed by atoms with Gasteiger partial charge in [0.15, 0.2) is 5.82 Å². The number of hydrazine groups is 3. The summed E-state index contributed by atoms with van der Waals surface area (Å²) in [6.07, 6.45) is 0. The number of nitrogens with two attached hydrogens (primary N) is 1. The molecule has 0 aliphatic carbocycles. The fourth-order valence-electron chi connectivity index (χ4n) is 2.11. The molecule has 2 heterocycles. The molecule has 0 atom stereocenters. The Bertz CT molecular complexity index is 619. The summed E-state index contributed by atoms with van der Waals surface area (Å²) in [7, 11) is 1.85. The molecule has 0 bridgehead atoms. The summed E-state index contributed by atoms with van der Waals surface area (Å²) in [5.74, 6) is 0.958. The molecule has 20 heavy (non-hydrogen) atoms. The summed E-state index contributed by atoms with van der Waals surface area (Å²) in [6, 6.07) is 7.48. The van der Waals surface area contributed by atoms with Crippen LogP contribution in [0.4, 0.5) is 5.69 Å². The number of hydrogen-bond donors (Lipinski definition) is 4. The second kappa shape index (κ2) is 4.42. The molecule has 3 rings (SSSR count). The lowest BCUT2D eigenvalue weighted by molar-refractivity contribution is -0.114. The van der Waals surface area contributed by atoms with E-state index in [2.05, 4.69) is 21.2 Å². The van der Waals surface area contributed by atoms with Crippen molar-refractivity contribution in [1.29, 1.82) is 0 Å². The van der Waals surface area contributed by atoms with Gasteiger partial charge in [0.2, 0.25) is 11.9 Å². The first-order valence-electron chi connectivity index (χ1n) is 6.08. The lowest BCUT2D eigenvalue weighted by atomic mass is 10.1. The van der Waals surface area contributed by atoms with E-state index in [1.807, 2.05) is 31.3 Å². The number of rotatable bonds is 2. The molecule has 0 radical (unpaired) electrons. The number of anilines is 1. The van der Waals surface area contributed by atoms with Crippen LogP contribution in [0.2, 0.25) is 0 Å². The molecule has 0 spiro atoms. The van der Waals surface area contributed by atoms with Gasteiger partial charge in [-0.2, -0.15) is 10.1 Å². The fraction of sp³-hybridized carbons (Fsp3) is 0.167. The number of guanidine groups is 1. The maximum Gasteiger partial charge on any atom is 0.221 e. The van der Waals surface area contributed by atoms with E-state index in [0.717, 1.165) is 16.9 Å². The van der Waals surface area contributed by atoms with E-state index in [1.165, 1.54) is 6.92 Å². The topological polar surface area (TPSA) is 98.0 Å². The van der Waals surface area contributed by atoms with Crippen LogP contribution in [0.15, 0.2) is 35.1 Å². The maximum absolute atomic E-state index is 11.0. The smallest absolute Gasteiger partial charge is 0.221 e. The van der Waals surface area contributed by atoms with E-state index in [4.69, 9.17) is 5.73 Å². The zero-order valence-electron chi connectivity index (χ0n) is 11.1. The number of aliphatic imine (C=N–C) groups is 1. The molecule has 1 aromatic carbocycles. The van der Waals surface area contributed by atoms with Crippen molar-refractivity contribution in [3.63, 3.8) is 0 Å². The number of nitrogens with zero attached hydrogens (tertiary/aromatic N) is 3. The quantitative estimate of drug-likeness (QED) is 0.594. The van der Waals surface area contributed by atoms with Crippen LogP contribution in [0.5, 0.6) is 0 Å². The van der Waals surface area contributed by atoms with Gasteiger partial charge in [0.05, 0.1) is 0 Å². The van der Waals surface area contributed by atoms with Crippen LogP contribution >= 0.6 is 0 Å². The second-order valence-electron chi connectivity index (χ2n) is 4.51. The number of amides is 1. The summed E-state index contributed by atoms with van der Waals surface area (Å²) in [6.45, 7) is 1.48. The van der Waals surface area contributed by atoms with Crippen molar-refractivity contribution < 1.29 is 4.79 Å². The third-order valence-corrected chi connectivity index (χ3v) is 2.94. The number of hydrogen-bond acceptors (Lipinski definition) is 7. The SMILES string of the molecule is CC(=O)Nc1ccc(C2=C3N=C(N)NN3N(C)N2)cc1.